The molecule has 0 radical (unpaired) electrons. The van der Waals surface area contributed by atoms with Crippen molar-refractivity contribution in [3.63, 3.8) is 0 Å². The molecule has 3 heterocycles. The second kappa shape index (κ2) is 9.37. The highest BCUT2D eigenvalue weighted by Gasteiger charge is 2.22. The third kappa shape index (κ3) is 5.20. The molecule has 27 heavy (non-hydrogen) atoms. The minimum absolute atomic E-state index is 0.0850. The average molecular weight is 386 g/mol. The Balaban J connectivity index is 1.64. The molecule has 0 saturated carbocycles. The molecule has 1 fully saturated rings. The van der Waals surface area contributed by atoms with Crippen LogP contribution in [0.5, 0.6) is 0 Å². The van der Waals surface area contributed by atoms with Crippen LogP contribution in [-0.4, -0.2) is 35.0 Å². The summed E-state index contributed by atoms with van der Waals surface area (Å²) in [5.41, 5.74) is 1.39. The summed E-state index contributed by atoms with van der Waals surface area (Å²) in [6.45, 7) is 3.90. The lowest BCUT2D eigenvalue weighted by molar-refractivity contribution is -0.759. The maximum Gasteiger partial charge on any atom is 0.324 e. The Morgan fingerprint density at radius 2 is 2.22 bits per heavy atom. The third-order valence-corrected chi connectivity index (χ3v) is 5.15. The zero-order valence-electron chi connectivity index (χ0n) is 15.3. The summed E-state index contributed by atoms with van der Waals surface area (Å²) < 4.78 is 5.14. The van der Waals surface area contributed by atoms with E-state index in [1.165, 1.54) is 18.2 Å². The van der Waals surface area contributed by atoms with Crippen molar-refractivity contribution in [3.8, 4) is 6.07 Å². The number of hydrogen-bond acceptors (Lipinski definition) is 8. The fraction of sp³-hybridized carbons (Fsp3) is 0.500. The van der Waals surface area contributed by atoms with Crippen LogP contribution in [0.4, 0.5) is 5.88 Å². The molecule has 1 aliphatic rings. The second-order valence-electron chi connectivity index (χ2n) is 6.29. The van der Waals surface area contributed by atoms with Gasteiger partial charge in [-0.3, -0.25) is 4.52 Å². The zero-order valence-corrected chi connectivity index (χ0v) is 16.1. The molecular weight excluding hydrogens is 364 g/mol. The number of aromatic nitrogens is 3. The summed E-state index contributed by atoms with van der Waals surface area (Å²) >= 11 is 1.22. The van der Waals surface area contributed by atoms with Crippen molar-refractivity contribution in [3.05, 3.63) is 29.6 Å². The number of aliphatic imine (C=N–C) groups is 1. The fourth-order valence-corrected chi connectivity index (χ4v) is 3.62. The molecule has 0 bridgehead atoms. The van der Waals surface area contributed by atoms with Gasteiger partial charge in [0.25, 0.3) is 6.20 Å². The van der Waals surface area contributed by atoms with E-state index in [1.807, 2.05) is 6.07 Å². The lowest BCUT2D eigenvalue weighted by Crippen LogP contribution is -2.60. The first-order valence-corrected chi connectivity index (χ1v) is 10.1. The Morgan fingerprint density at radius 3 is 2.96 bits per heavy atom. The van der Waals surface area contributed by atoms with Crippen LogP contribution >= 0.6 is 11.8 Å². The number of piperidine rings is 1. The third-order valence-electron chi connectivity index (χ3n) is 4.18. The van der Waals surface area contributed by atoms with Gasteiger partial charge < -0.3 is 5.11 Å². The molecule has 0 unspecified atom stereocenters. The van der Waals surface area contributed by atoms with E-state index >= 15 is 0 Å². The van der Waals surface area contributed by atoms with Crippen molar-refractivity contribution in [2.24, 2.45) is 4.99 Å². The summed E-state index contributed by atoms with van der Waals surface area (Å²) in [7, 11) is 0. The molecule has 9 heteroatoms. The summed E-state index contributed by atoms with van der Waals surface area (Å²) in [5.74, 6) is -0.0882. The Bertz CT molecular complexity index is 839. The van der Waals surface area contributed by atoms with Crippen LogP contribution < -0.4 is 14.9 Å². The molecule has 2 aromatic rings. The molecule has 0 N–H and O–H groups in total. The van der Waals surface area contributed by atoms with Crippen molar-refractivity contribution in [2.45, 2.75) is 44.1 Å². The number of pyridine rings is 1. The average Bonchev–Trinajstić information content (AvgIpc) is 3.16. The Hall–Kier alpha value is -2.60. The molecule has 8 nitrogen and oxygen atoms in total. The van der Waals surface area contributed by atoms with Gasteiger partial charge in [-0.05, 0) is 43.7 Å². The summed E-state index contributed by atoms with van der Waals surface area (Å²) in [6.07, 6.45) is 6.89. The van der Waals surface area contributed by atoms with Gasteiger partial charge >= 0.3 is 5.88 Å². The summed E-state index contributed by atoms with van der Waals surface area (Å²) in [4.78, 5) is 10.0. The number of aryl methyl sites for hydroxylation is 1. The summed E-state index contributed by atoms with van der Waals surface area (Å²) in [5, 5.41) is 28.0. The Morgan fingerprint density at radius 1 is 1.41 bits per heavy atom. The van der Waals surface area contributed by atoms with E-state index < -0.39 is 0 Å². The Kier molecular flexibility index (Phi) is 6.65. The molecule has 0 aromatic carbocycles. The van der Waals surface area contributed by atoms with Crippen LogP contribution in [0.3, 0.4) is 0 Å². The van der Waals surface area contributed by atoms with Gasteiger partial charge in [-0.2, -0.15) is 10.3 Å². The van der Waals surface area contributed by atoms with Gasteiger partial charge in [-0.25, -0.2) is 9.98 Å². The van der Waals surface area contributed by atoms with E-state index in [2.05, 4.69) is 33.2 Å². The summed E-state index contributed by atoms with van der Waals surface area (Å²) in [6, 6.07) is 5.72. The predicted molar refractivity (Wildman–Crippen MR) is 99.3 cm³/mol. The van der Waals surface area contributed by atoms with E-state index in [4.69, 9.17) is 4.52 Å². The van der Waals surface area contributed by atoms with E-state index in [0.29, 0.717) is 10.6 Å². The molecule has 0 atom stereocenters. The van der Waals surface area contributed by atoms with Gasteiger partial charge in [0.15, 0.2) is 0 Å². The lowest BCUT2D eigenvalue weighted by atomic mass is 10.2. The van der Waals surface area contributed by atoms with Crippen LogP contribution in [0.1, 0.15) is 43.9 Å². The molecule has 1 aliphatic heterocycles. The van der Waals surface area contributed by atoms with Gasteiger partial charge in [0.1, 0.15) is 11.1 Å². The van der Waals surface area contributed by atoms with Crippen LogP contribution in [0.15, 0.2) is 32.9 Å². The van der Waals surface area contributed by atoms with Gasteiger partial charge in [0, 0.05) is 11.4 Å². The molecular formula is C18H22N6O2S. The second-order valence-corrected chi connectivity index (χ2v) is 7.25. The van der Waals surface area contributed by atoms with E-state index in [1.54, 1.807) is 17.1 Å². The Labute approximate surface area is 162 Å². The van der Waals surface area contributed by atoms with Gasteiger partial charge in [-0.1, -0.05) is 25.1 Å². The number of rotatable bonds is 7. The minimum atomic E-state index is -0.353. The number of nitrogens with zero attached hydrogens (tertiary/aromatic N) is 6. The maximum atomic E-state index is 12.2. The van der Waals surface area contributed by atoms with E-state index in [0.717, 1.165) is 44.5 Å². The van der Waals surface area contributed by atoms with E-state index in [-0.39, 0.29) is 17.5 Å². The smallest absolute Gasteiger partial charge is 0.324 e. The van der Waals surface area contributed by atoms with Gasteiger partial charge in [-0.15, -0.1) is 0 Å². The van der Waals surface area contributed by atoms with Crippen molar-refractivity contribution >= 4 is 23.5 Å². The SMILES string of the molecule is CCCc1ccc(C#N)c(SC/C([O-])=N\c2c[n+](N3CCCCC3)no2)n1. The highest BCUT2D eigenvalue weighted by Crippen LogP contribution is 2.21. The largest absolute Gasteiger partial charge is 0.861 e. The number of nitriles is 1. The first kappa shape index (κ1) is 19.2. The normalized spacial score (nSPS) is 15.0. The number of thioether (sulfide) groups is 1. The quantitative estimate of drug-likeness (QED) is 0.307. The highest BCUT2D eigenvalue weighted by atomic mass is 32.2. The van der Waals surface area contributed by atoms with Gasteiger partial charge in [0.05, 0.1) is 23.4 Å². The minimum Gasteiger partial charge on any atom is -0.861 e. The standard InChI is InChI=1S/C18H22N6O2S/c1-2-6-15-8-7-14(11-19)18(20-15)27-13-16(25)21-17-12-24(22-26-17)23-9-4-3-5-10-23/h7-8,12H,2-6,9-10,13H2,1H3. The molecule has 0 aliphatic carbocycles. The molecule has 3 rings (SSSR count). The van der Waals surface area contributed by atoms with E-state index in [9.17, 15) is 10.4 Å². The lowest BCUT2D eigenvalue weighted by Gasteiger charge is -2.17. The topological polar surface area (TPSA) is 105 Å². The fourth-order valence-electron chi connectivity index (χ4n) is 2.85. The number of hydrogen-bond donors (Lipinski definition) is 0. The molecule has 142 valence electrons. The molecule has 0 spiro atoms. The maximum absolute atomic E-state index is 12.2. The zero-order chi connectivity index (χ0) is 19.1. The van der Waals surface area contributed by atoms with Crippen molar-refractivity contribution in [2.75, 3.05) is 23.9 Å². The van der Waals surface area contributed by atoms with Crippen molar-refractivity contribution < 1.29 is 14.4 Å². The van der Waals surface area contributed by atoms with Crippen molar-refractivity contribution in [1.82, 2.24) is 10.3 Å². The molecule has 2 aromatic heterocycles. The van der Waals surface area contributed by atoms with Crippen LogP contribution in [0, 0.1) is 11.3 Å². The molecule has 1 saturated heterocycles. The van der Waals surface area contributed by atoms with Crippen molar-refractivity contribution in [1.29, 1.82) is 5.26 Å². The predicted octanol–water partition coefficient (Wildman–Crippen LogP) is 1.49. The molecule has 0 amide bonds. The first-order chi connectivity index (χ1) is 13.2. The first-order valence-electron chi connectivity index (χ1n) is 9.11. The highest BCUT2D eigenvalue weighted by molar-refractivity contribution is 7.99. The van der Waals surface area contributed by atoms with Crippen LogP contribution in [0.2, 0.25) is 0 Å². The van der Waals surface area contributed by atoms with Crippen LogP contribution in [-0.2, 0) is 6.42 Å². The van der Waals surface area contributed by atoms with Crippen LogP contribution in [0.25, 0.3) is 0 Å². The monoisotopic (exact) mass is 386 g/mol. The van der Waals surface area contributed by atoms with Gasteiger partial charge in [0.2, 0.25) is 5.27 Å².